The van der Waals surface area contributed by atoms with E-state index in [1.54, 1.807) is 6.20 Å². The maximum atomic E-state index is 13.0. The van der Waals surface area contributed by atoms with Crippen LogP contribution in [-0.2, 0) is 0 Å². The summed E-state index contributed by atoms with van der Waals surface area (Å²) in [6.45, 7) is 2.61. The van der Waals surface area contributed by atoms with Crippen molar-refractivity contribution in [3.63, 3.8) is 0 Å². The molecule has 0 bridgehead atoms. The van der Waals surface area contributed by atoms with Crippen molar-refractivity contribution in [2.45, 2.75) is 51.0 Å². The Morgan fingerprint density at radius 2 is 2.17 bits per heavy atom. The van der Waals surface area contributed by atoms with Gasteiger partial charge in [0, 0.05) is 24.9 Å². The number of oxazole rings is 1. The standard InChI is InChI=1S/C18H21N3O2/c1-12-16(20-17(23-12)13-5-2-6-13)18(22)21-10-4-8-15(21)14-7-3-9-19-11-14/h3,7,9,11,13,15H,2,4-6,8,10H2,1H3. The zero-order chi connectivity index (χ0) is 15.8. The highest BCUT2D eigenvalue weighted by Gasteiger charge is 2.34. The van der Waals surface area contributed by atoms with E-state index in [0.717, 1.165) is 43.7 Å². The summed E-state index contributed by atoms with van der Waals surface area (Å²) in [4.78, 5) is 23.6. The highest BCUT2D eigenvalue weighted by molar-refractivity contribution is 5.93. The van der Waals surface area contributed by atoms with E-state index >= 15 is 0 Å². The summed E-state index contributed by atoms with van der Waals surface area (Å²) in [6, 6.07) is 4.06. The van der Waals surface area contributed by atoms with E-state index in [-0.39, 0.29) is 11.9 Å². The monoisotopic (exact) mass is 311 g/mol. The number of amides is 1. The van der Waals surface area contributed by atoms with Crippen LogP contribution in [0.25, 0.3) is 0 Å². The third-order valence-corrected chi connectivity index (χ3v) is 5.05. The van der Waals surface area contributed by atoms with Gasteiger partial charge in [-0.1, -0.05) is 12.5 Å². The van der Waals surface area contributed by atoms with Crippen LogP contribution in [0.3, 0.4) is 0 Å². The van der Waals surface area contributed by atoms with Crippen LogP contribution in [-0.4, -0.2) is 27.3 Å². The summed E-state index contributed by atoms with van der Waals surface area (Å²) < 4.78 is 5.77. The van der Waals surface area contributed by atoms with Crippen LogP contribution in [0.2, 0.25) is 0 Å². The first-order valence-electron chi connectivity index (χ1n) is 8.42. The van der Waals surface area contributed by atoms with Crippen molar-refractivity contribution >= 4 is 5.91 Å². The molecule has 120 valence electrons. The van der Waals surface area contributed by atoms with Gasteiger partial charge in [0.1, 0.15) is 5.76 Å². The molecule has 23 heavy (non-hydrogen) atoms. The molecule has 0 radical (unpaired) electrons. The van der Waals surface area contributed by atoms with Gasteiger partial charge in [0.05, 0.1) is 6.04 Å². The number of pyridine rings is 1. The molecule has 2 fully saturated rings. The number of hydrogen-bond donors (Lipinski definition) is 0. The van der Waals surface area contributed by atoms with Crippen LogP contribution < -0.4 is 0 Å². The predicted octanol–water partition coefficient (Wildman–Crippen LogP) is 3.62. The van der Waals surface area contributed by atoms with Crippen molar-refractivity contribution in [1.82, 2.24) is 14.9 Å². The molecular weight excluding hydrogens is 290 g/mol. The lowest BCUT2D eigenvalue weighted by Gasteiger charge is -2.24. The van der Waals surface area contributed by atoms with Crippen molar-refractivity contribution in [3.8, 4) is 0 Å². The van der Waals surface area contributed by atoms with Gasteiger partial charge in [0.25, 0.3) is 5.91 Å². The van der Waals surface area contributed by atoms with E-state index in [9.17, 15) is 4.79 Å². The molecule has 5 nitrogen and oxygen atoms in total. The number of hydrogen-bond acceptors (Lipinski definition) is 4. The minimum absolute atomic E-state index is 0.0109. The summed E-state index contributed by atoms with van der Waals surface area (Å²) >= 11 is 0. The molecule has 2 aromatic rings. The van der Waals surface area contributed by atoms with Gasteiger partial charge >= 0.3 is 0 Å². The Bertz CT molecular complexity index is 706. The van der Waals surface area contributed by atoms with Gasteiger partial charge in [-0.15, -0.1) is 0 Å². The van der Waals surface area contributed by atoms with Crippen molar-refractivity contribution in [1.29, 1.82) is 0 Å². The van der Waals surface area contributed by atoms with Crippen molar-refractivity contribution in [3.05, 3.63) is 47.4 Å². The molecule has 4 rings (SSSR count). The zero-order valence-corrected chi connectivity index (χ0v) is 13.4. The molecule has 0 spiro atoms. The normalized spacial score (nSPS) is 21.4. The third kappa shape index (κ3) is 2.54. The lowest BCUT2D eigenvalue weighted by Crippen LogP contribution is -2.31. The van der Waals surface area contributed by atoms with Crippen LogP contribution in [0, 0.1) is 6.92 Å². The van der Waals surface area contributed by atoms with Crippen LogP contribution in [0.5, 0.6) is 0 Å². The quantitative estimate of drug-likeness (QED) is 0.868. The van der Waals surface area contributed by atoms with Gasteiger partial charge in [0.15, 0.2) is 11.6 Å². The second kappa shape index (κ2) is 5.80. The topological polar surface area (TPSA) is 59.2 Å². The Morgan fingerprint density at radius 3 is 2.87 bits per heavy atom. The smallest absolute Gasteiger partial charge is 0.276 e. The van der Waals surface area contributed by atoms with E-state index in [0.29, 0.717) is 17.4 Å². The Labute approximate surface area is 135 Å². The number of aromatic nitrogens is 2. The van der Waals surface area contributed by atoms with Gasteiger partial charge < -0.3 is 9.32 Å². The molecule has 1 aliphatic carbocycles. The molecule has 5 heteroatoms. The van der Waals surface area contributed by atoms with Gasteiger partial charge in [-0.05, 0) is 44.2 Å². The molecule has 3 heterocycles. The third-order valence-electron chi connectivity index (χ3n) is 5.05. The first-order valence-corrected chi connectivity index (χ1v) is 8.42. The van der Waals surface area contributed by atoms with Crippen LogP contribution in [0.1, 0.15) is 71.8 Å². The first-order chi connectivity index (χ1) is 11.2. The Hall–Kier alpha value is -2.17. The van der Waals surface area contributed by atoms with E-state index in [1.807, 2.05) is 30.2 Å². The second-order valence-corrected chi connectivity index (χ2v) is 6.53. The molecule has 2 aromatic heterocycles. The van der Waals surface area contributed by atoms with E-state index in [4.69, 9.17) is 4.42 Å². The second-order valence-electron chi connectivity index (χ2n) is 6.53. The molecule has 1 amide bonds. The molecule has 1 saturated heterocycles. The molecule has 1 aliphatic heterocycles. The fourth-order valence-electron chi connectivity index (χ4n) is 3.51. The van der Waals surface area contributed by atoms with Crippen molar-refractivity contribution in [2.75, 3.05) is 6.54 Å². The zero-order valence-electron chi connectivity index (χ0n) is 13.4. The first kappa shape index (κ1) is 14.4. The maximum absolute atomic E-state index is 13.0. The van der Waals surface area contributed by atoms with Crippen LogP contribution in [0.4, 0.5) is 0 Å². The van der Waals surface area contributed by atoms with Gasteiger partial charge in [-0.3, -0.25) is 9.78 Å². The van der Waals surface area contributed by atoms with E-state index in [1.165, 1.54) is 6.42 Å². The van der Waals surface area contributed by atoms with Gasteiger partial charge in [0.2, 0.25) is 0 Å². The molecule has 0 N–H and O–H groups in total. The lowest BCUT2D eigenvalue weighted by atomic mass is 9.85. The molecule has 0 aromatic carbocycles. The molecule has 2 aliphatic rings. The SMILES string of the molecule is Cc1oc(C2CCC2)nc1C(=O)N1CCCC1c1cccnc1. The van der Waals surface area contributed by atoms with Crippen molar-refractivity contribution < 1.29 is 9.21 Å². The van der Waals surface area contributed by atoms with E-state index < -0.39 is 0 Å². The number of nitrogens with zero attached hydrogens (tertiary/aromatic N) is 3. The molecule has 1 unspecified atom stereocenters. The highest BCUT2D eigenvalue weighted by Crippen LogP contribution is 2.37. The largest absolute Gasteiger partial charge is 0.445 e. The summed E-state index contributed by atoms with van der Waals surface area (Å²) in [5, 5.41) is 0. The van der Waals surface area contributed by atoms with Crippen LogP contribution in [0.15, 0.2) is 28.9 Å². The summed E-state index contributed by atoms with van der Waals surface area (Å²) in [5.41, 5.74) is 1.58. The molecule has 1 atom stereocenters. The average molecular weight is 311 g/mol. The van der Waals surface area contributed by atoms with Gasteiger partial charge in [-0.25, -0.2) is 4.98 Å². The molecular formula is C18H21N3O2. The van der Waals surface area contributed by atoms with Gasteiger partial charge in [-0.2, -0.15) is 0 Å². The summed E-state index contributed by atoms with van der Waals surface area (Å²) in [5.74, 6) is 1.79. The Kier molecular flexibility index (Phi) is 3.63. The predicted molar refractivity (Wildman–Crippen MR) is 85.1 cm³/mol. The number of aryl methyl sites for hydroxylation is 1. The summed E-state index contributed by atoms with van der Waals surface area (Å²) in [7, 11) is 0. The minimum atomic E-state index is -0.0109. The average Bonchev–Trinajstić information content (AvgIpc) is 3.13. The Morgan fingerprint density at radius 1 is 1.30 bits per heavy atom. The summed E-state index contributed by atoms with van der Waals surface area (Å²) in [6.07, 6.45) is 9.07. The number of rotatable bonds is 3. The lowest BCUT2D eigenvalue weighted by molar-refractivity contribution is 0.0728. The fraction of sp³-hybridized carbons (Fsp3) is 0.500. The Balaban J connectivity index is 1.59. The number of carbonyl (C=O) groups excluding carboxylic acids is 1. The van der Waals surface area contributed by atoms with Crippen molar-refractivity contribution in [2.24, 2.45) is 0 Å². The number of likely N-dealkylation sites (tertiary alicyclic amines) is 1. The van der Waals surface area contributed by atoms with E-state index in [2.05, 4.69) is 9.97 Å². The maximum Gasteiger partial charge on any atom is 0.276 e. The van der Waals surface area contributed by atoms with Crippen LogP contribution >= 0.6 is 0 Å². The highest BCUT2D eigenvalue weighted by atomic mass is 16.4. The number of carbonyl (C=O) groups is 1. The molecule has 1 saturated carbocycles. The fourth-order valence-corrected chi connectivity index (χ4v) is 3.51. The minimum Gasteiger partial charge on any atom is -0.445 e.